The van der Waals surface area contributed by atoms with E-state index in [1.807, 2.05) is 20.8 Å². The van der Waals surface area contributed by atoms with E-state index in [4.69, 9.17) is 4.52 Å². The Bertz CT molecular complexity index is 536. The molecule has 0 spiro atoms. The van der Waals surface area contributed by atoms with E-state index in [0.29, 0.717) is 24.8 Å². The zero-order valence-electron chi connectivity index (χ0n) is 15.1. The molecule has 1 aliphatic carbocycles. The van der Waals surface area contributed by atoms with Crippen LogP contribution in [0.25, 0.3) is 0 Å². The van der Waals surface area contributed by atoms with Crippen LogP contribution in [0.5, 0.6) is 0 Å². The summed E-state index contributed by atoms with van der Waals surface area (Å²) in [6.45, 7) is 8.08. The Hall–Kier alpha value is -1.63. The first-order valence-electron chi connectivity index (χ1n) is 8.83. The van der Waals surface area contributed by atoms with Crippen molar-refractivity contribution in [3.8, 4) is 0 Å². The van der Waals surface area contributed by atoms with Crippen LogP contribution in [0, 0.1) is 5.41 Å². The smallest absolute Gasteiger partial charge is 0.315 e. The van der Waals surface area contributed by atoms with Gasteiger partial charge in [0.25, 0.3) is 0 Å². The summed E-state index contributed by atoms with van der Waals surface area (Å²) in [5, 5.41) is 19.2. The highest BCUT2D eigenvalue weighted by Crippen LogP contribution is 2.32. The molecule has 3 N–H and O–H groups in total. The third-order valence-electron chi connectivity index (χ3n) is 4.47. The Morgan fingerprint density at radius 1 is 1.38 bits per heavy atom. The predicted octanol–water partition coefficient (Wildman–Crippen LogP) is 2.88. The maximum Gasteiger partial charge on any atom is 0.315 e. The lowest BCUT2D eigenvalue weighted by Crippen LogP contribution is -2.42. The second-order valence-electron chi connectivity index (χ2n) is 7.74. The van der Waals surface area contributed by atoms with Crippen molar-refractivity contribution in [2.24, 2.45) is 5.41 Å². The number of aromatic nitrogens is 2. The van der Waals surface area contributed by atoms with Crippen LogP contribution in [0.2, 0.25) is 0 Å². The summed E-state index contributed by atoms with van der Waals surface area (Å²) >= 11 is 0. The first-order chi connectivity index (χ1) is 11.3. The lowest BCUT2D eigenvalue weighted by atomic mass is 9.87. The Morgan fingerprint density at radius 3 is 2.67 bits per heavy atom. The third kappa shape index (κ3) is 5.47. The van der Waals surface area contributed by atoms with E-state index < -0.39 is 6.10 Å². The van der Waals surface area contributed by atoms with Crippen molar-refractivity contribution < 1.29 is 14.4 Å². The number of carbonyl (C=O) groups is 1. The van der Waals surface area contributed by atoms with Gasteiger partial charge in [0.1, 0.15) is 6.04 Å². The van der Waals surface area contributed by atoms with Crippen LogP contribution in [0.3, 0.4) is 0 Å². The molecule has 7 nitrogen and oxygen atoms in total. The lowest BCUT2D eigenvalue weighted by Gasteiger charge is -2.26. The summed E-state index contributed by atoms with van der Waals surface area (Å²) in [6.07, 6.45) is 4.88. The number of nitrogens with zero attached hydrogens (tertiary/aromatic N) is 2. The monoisotopic (exact) mass is 338 g/mol. The van der Waals surface area contributed by atoms with Crippen molar-refractivity contribution in [1.29, 1.82) is 0 Å². The highest BCUT2D eigenvalue weighted by Gasteiger charge is 2.25. The zero-order chi connectivity index (χ0) is 17.7. The van der Waals surface area contributed by atoms with E-state index in [2.05, 4.69) is 20.8 Å². The number of aliphatic hydroxyl groups excluding tert-OH is 1. The van der Waals surface area contributed by atoms with Gasteiger partial charge in [-0.05, 0) is 38.5 Å². The molecule has 0 radical (unpaired) electrons. The van der Waals surface area contributed by atoms with Crippen molar-refractivity contribution >= 4 is 6.03 Å². The average Bonchev–Trinajstić information content (AvgIpc) is 3.14. The maximum absolute atomic E-state index is 12.0. The first-order valence-corrected chi connectivity index (χ1v) is 8.83. The molecule has 0 saturated heterocycles. The fourth-order valence-electron chi connectivity index (χ4n) is 3.27. The first kappa shape index (κ1) is 18.7. The van der Waals surface area contributed by atoms with E-state index in [9.17, 15) is 9.90 Å². The minimum atomic E-state index is -0.392. The molecular formula is C17H30N4O3. The molecule has 1 heterocycles. The highest BCUT2D eigenvalue weighted by molar-refractivity contribution is 5.74. The predicted molar refractivity (Wildman–Crippen MR) is 90.5 cm³/mol. The van der Waals surface area contributed by atoms with Gasteiger partial charge in [-0.1, -0.05) is 31.8 Å². The summed E-state index contributed by atoms with van der Waals surface area (Å²) < 4.78 is 5.30. The summed E-state index contributed by atoms with van der Waals surface area (Å²) in [6, 6.07) is -0.616. The Labute approximate surface area is 143 Å². The largest absolute Gasteiger partial charge is 0.393 e. The fraction of sp³-hybridized carbons (Fsp3) is 0.824. The number of urea groups is 1. The lowest BCUT2D eigenvalue weighted by molar-refractivity contribution is 0.128. The molecule has 1 fully saturated rings. The molecule has 1 aromatic rings. The fourth-order valence-corrected chi connectivity index (χ4v) is 3.27. The van der Waals surface area contributed by atoms with Gasteiger partial charge < -0.3 is 20.3 Å². The number of amides is 2. The molecule has 136 valence electrons. The number of carbonyl (C=O) groups excluding carboxylic acids is 1. The molecule has 1 aliphatic rings. The van der Waals surface area contributed by atoms with Gasteiger partial charge >= 0.3 is 6.03 Å². The van der Waals surface area contributed by atoms with Gasteiger partial charge in [-0.3, -0.25) is 0 Å². The summed E-state index contributed by atoms with van der Waals surface area (Å²) in [4.78, 5) is 16.5. The number of hydrogen-bond donors (Lipinski definition) is 3. The van der Waals surface area contributed by atoms with Crippen molar-refractivity contribution in [2.75, 3.05) is 6.54 Å². The molecule has 24 heavy (non-hydrogen) atoms. The number of rotatable bonds is 7. The number of hydrogen-bond acceptors (Lipinski definition) is 5. The molecule has 2 unspecified atom stereocenters. The summed E-state index contributed by atoms with van der Waals surface area (Å²) in [5.74, 6) is 1.59. The molecule has 0 aromatic carbocycles. The SMILES string of the molecule is CC(O)CC(C)(C)CNC(=O)NC(C)c1nc(C2CCCC2)no1. The Balaban J connectivity index is 1.81. The third-order valence-corrected chi connectivity index (χ3v) is 4.47. The van der Waals surface area contributed by atoms with E-state index in [-0.39, 0.29) is 17.5 Å². The van der Waals surface area contributed by atoms with Crippen LogP contribution < -0.4 is 10.6 Å². The van der Waals surface area contributed by atoms with Crippen molar-refractivity contribution in [3.63, 3.8) is 0 Å². The van der Waals surface area contributed by atoms with Crippen LogP contribution >= 0.6 is 0 Å². The van der Waals surface area contributed by atoms with E-state index >= 15 is 0 Å². The van der Waals surface area contributed by atoms with Crippen LogP contribution in [0.4, 0.5) is 4.79 Å². The molecule has 0 bridgehead atoms. The zero-order valence-corrected chi connectivity index (χ0v) is 15.1. The Morgan fingerprint density at radius 2 is 2.04 bits per heavy atom. The van der Waals surface area contributed by atoms with E-state index in [1.165, 1.54) is 12.8 Å². The van der Waals surface area contributed by atoms with Crippen LogP contribution in [-0.2, 0) is 0 Å². The van der Waals surface area contributed by atoms with Gasteiger partial charge in [-0.2, -0.15) is 4.98 Å². The molecule has 1 saturated carbocycles. The van der Waals surface area contributed by atoms with Crippen LogP contribution in [-0.4, -0.2) is 33.9 Å². The summed E-state index contributed by atoms with van der Waals surface area (Å²) in [7, 11) is 0. The van der Waals surface area contributed by atoms with E-state index in [1.54, 1.807) is 6.92 Å². The van der Waals surface area contributed by atoms with Crippen LogP contribution in [0.1, 0.15) is 83.5 Å². The molecular weight excluding hydrogens is 308 g/mol. The second kappa shape index (κ2) is 7.96. The molecule has 0 aliphatic heterocycles. The van der Waals surface area contributed by atoms with Gasteiger partial charge in [0.05, 0.1) is 6.10 Å². The van der Waals surface area contributed by atoms with Gasteiger partial charge in [-0.15, -0.1) is 0 Å². The molecule has 7 heteroatoms. The average molecular weight is 338 g/mol. The van der Waals surface area contributed by atoms with Crippen molar-refractivity contribution in [1.82, 2.24) is 20.8 Å². The molecule has 2 atom stereocenters. The van der Waals surface area contributed by atoms with E-state index in [0.717, 1.165) is 18.7 Å². The number of aliphatic hydroxyl groups is 1. The minimum absolute atomic E-state index is 0.172. The number of nitrogens with one attached hydrogen (secondary N) is 2. The molecule has 1 aromatic heterocycles. The standard InChI is InChI=1S/C17H30N4O3/c1-11(22)9-17(3,4)10-18-16(23)19-12(2)15-20-14(21-24-15)13-7-5-6-8-13/h11-13,22H,5-10H2,1-4H3,(H2,18,19,23). The van der Waals surface area contributed by atoms with Gasteiger partial charge in [0.15, 0.2) is 5.82 Å². The quantitative estimate of drug-likeness (QED) is 0.710. The van der Waals surface area contributed by atoms with Crippen molar-refractivity contribution in [3.05, 3.63) is 11.7 Å². The van der Waals surface area contributed by atoms with Gasteiger partial charge in [0, 0.05) is 12.5 Å². The molecule has 2 rings (SSSR count). The summed E-state index contributed by atoms with van der Waals surface area (Å²) in [5.41, 5.74) is -0.172. The van der Waals surface area contributed by atoms with Gasteiger partial charge in [0.2, 0.25) is 5.89 Å². The highest BCUT2D eigenvalue weighted by atomic mass is 16.5. The van der Waals surface area contributed by atoms with Crippen LogP contribution in [0.15, 0.2) is 4.52 Å². The molecule has 2 amide bonds. The Kier molecular flexibility index (Phi) is 6.21. The normalized spacial score (nSPS) is 18.4. The topological polar surface area (TPSA) is 100 Å². The minimum Gasteiger partial charge on any atom is -0.393 e. The second-order valence-corrected chi connectivity index (χ2v) is 7.74. The van der Waals surface area contributed by atoms with Gasteiger partial charge in [-0.25, -0.2) is 4.79 Å². The maximum atomic E-state index is 12.0. The van der Waals surface area contributed by atoms with Crippen molar-refractivity contribution in [2.45, 2.75) is 77.9 Å².